The maximum Gasteiger partial charge on any atom is 0.250 e. The Morgan fingerprint density at radius 3 is 2.90 bits per heavy atom. The minimum atomic E-state index is -0.179. The standard InChI is InChI=1S/C16H23ClN2O2/c1-2-11-5-3-4-6-15(11)21-10-16(20)19-14-8-7-12(18)9-13(14)17/h7-9,11,15H,2-6,10,18H2,1H3,(H,19,20). The molecule has 2 rings (SSSR count). The van der Waals surface area contributed by atoms with Gasteiger partial charge < -0.3 is 15.8 Å². The first-order chi connectivity index (χ1) is 10.1. The maximum atomic E-state index is 12.0. The highest BCUT2D eigenvalue weighted by Crippen LogP contribution is 2.29. The molecule has 5 heteroatoms. The molecule has 21 heavy (non-hydrogen) atoms. The molecule has 0 aliphatic heterocycles. The highest BCUT2D eigenvalue weighted by atomic mass is 35.5. The number of benzene rings is 1. The average Bonchev–Trinajstić information content (AvgIpc) is 2.48. The van der Waals surface area contributed by atoms with Gasteiger partial charge in [0.1, 0.15) is 6.61 Å². The SMILES string of the molecule is CCC1CCCCC1OCC(=O)Nc1ccc(N)cc1Cl. The smallest absolute Gasteiger partial charge is 0.250 e. The Labute approximate surface area is 131 Å². The van der Waals surface area contributed by atoms with Crippen molar-refractivity contribution in [2.75, 3.05) is 17.7 Å². The van der Waals surface area contributed by atoms with Crippen LogP contribution in [0.4, 0.5) is 11.4 Å². The Kier molecular flexibility index (Phi) is 5.88. The zero-order chi connectivity index (χ0) is 15.2. The van der Waals surface area contributed by atoms with Crippen LogP contribution < -0.4 is 11.1 Å². The first kappa shape index (κ1) is 16.1. The summed E-state index contributed by atoms with van der Waals surface area (Å²) in [6, 6.07) is 5.02. The van der Waals surface area contributed by atoms with E-state index in [9.17, 15) is 4.79 Å². The number of nitrogen functional groups attached to an aromatic ring is 1. The van der Waals surface area contributed by atoms with Gasteiger partial charge in [0.25, 0.3) is 0 Å². The van der Waals surface area contributed by atoms with Crippen LogP contribution >= 0.6 is 11.6 Å². The molecule has 116 valence electrons. The molecule has 1 aliphatic carbocycles. The lowest BCUT2D eigenvalue weighted by atomic mass is 9.85. The number of carbonyl (C=O) groups excluding carboxylic acids is 1. The third-order valence-corrected chi connectivity index (χ3v) is 4.37. The number of carbonyl (C=O) groups is 1. The summed E-state index contributed by atoms with van der Waals surface area (Å²) < 4.78 is 5.80. The zero-order valence-corrected chi connectivity index (χ0v) is 13.2. The monoisotopic (exact) mass is 310 g/mol. The molecule has 0 heterocycles. The molecular weight excluding hydrogens is 288 g/mol. The molecule has 0 aromatic heterocycles. The first-order valence-corrected chi connectivity index (χ1v) is 7.94. The van der Waals surface area contributed by atoms with Crippen molar-refractivity contribution in [2.45, 2.75) is 45.1 Å². The second-order valence-electron chi connectivity index (χ2n) is 5.59. The number of nitrogens with one attached hydrogen (secondary N) is 1. The van der Waals surface area contributed by atoms with Gasteiger partial charge in [0.15, 0.2) is 0 Å². The van der Waals surface area contributed by atoms with Crippen molar-refractivity contribution in [3.05, 3.63) is 23.2 Å². The van der Waals surface area contributed by atoms with Gasteiger partial charge in [-0.05, 0) is 37.0 Å². The molecule has 2 unspecified atom stereocenters. The van der Waals surface area contributed by atoms with E-state index in [2.05, 4.69) is 12.2 Å². The Balaban J connectivity index is 1.84. The van der Waals surface area contributed by atoms with Gasteiger partial charge in [0.2, 0.25) is 5.91 Å². The lowest BCUT2D eigenvalue weighted by molar-refractivity contribution is -0.124. The third kappa shape index (κ3) is 4.61. The van der Waals surface area contributed by atoms with Gasteiger partial charge in [-0.3, -0.25) is 4.79 Å². The van der Waals surface area contributed by atoms with E-state index in [0.29, 0.717) is 22.3 Å². The number of ether oxygens (including phenoxy) is 1. The number of amides is 1. The molecule has 0 spiro atoms. The van der Waals surface area contributed by atoms with Crippen LogP contribution in [0.1, 0.15) is 39.0 Å². The Bertz CT molecular complexity index is 493. The largest absolute Gasteiger partial charge is 0.399 e. The van der Waals surface area contributed by atoms with Gasteiger partial charge in [-0.25, -0.2) is 0 Å². The minimum Gasteiger partial charge on any atom is -0.399 e. The first-order valence-electron chi connectivity index (χ1n) is 7.56. The van der Waals surface area contributed by atoms with Crippen LogP contribution in [-0.2, 0) is 9.53 Å². The van der Waals surface area contributed by atoms with E-state index in [1.165, 1.54) is 19.3 Å². The molecule has 0 bridgehead atoms. The van der Waals surface area contributed by atoms with E-state index in [4.69, 9.17) is 22.1 Å². The number of anilines is 2. The molecular formula is C16H23ClN2O2. The van der Waals surface area contributed by atoms with Crippen molar-refractivity contribution in [1.29, 1.82) is 0 Å². The van der Waals surface area contributed by atoms with E-state index in [-0.39, 0.29) is 18.6 Å². The topological polar surface area (TPSA) is 64.3 Å². The second-order valence-corrected chi connectivity index (χ2v) is 6.00. The van der Waals surface area contributed by atoms with E-state index in [0.717, 1.165) is 12.8 Å². The molecule has 4 nitrogen and oxygen atoms in total. The van der Waals surface area contributed by atoms with Gasteiger partial charge in [-0.1, -0.05) is 37.8 Å². The Morgan fingerprint density at radius 2 is 2.19 bits per heavy atom. The molecule has 3 N–H and O–H groups in total. The normalized spacial score (nSPS) is 22.0. The summed E-state index contributed by atoms with van der Waals surface area (Å²) >= 11 is 6.03. The van der Waals surface area contributed by atoms with Crippen LogP contribution in [0.3, 0.4) is 0 Å². The van der Waals surface area contributed by atoms with Gasteiger partial charge in [-0.15, -0.1) is 0 Å². The fraction of sp³-hybridized carbons (Fsp3) is 0.562. The lowest BCUT2D eigenvalue weighted by Gasteiger charge is -2.30. The number of nitrogens with two attached hydrogens (primary N) is 1. The van der Waals surface area contributed by atoms with E-state index < -0.39 is 0 Å². The molecule has 2 atom stereocenters. The van der Waals surface area contributed by atoms with Crippen LogP contribution in [-0.4, -0.2) is 18.6 Å². The molecule has 1 aromatic rings. The van der Waals surface area contributed by atoms with Crippen LogP contribution in [0.2, 0.25) is 5.02 Å². The predicted molar refractivity (Wildman–Crippen MR) is 86.5 cm³/mol. The summed E-state index contributed by atoms with van der Waals surface area (Å²) in [6.45, 7) is 2.25. The van der Waals surface area contributed by atoms with Crippen molar-refractivity contribution in [3.8, 4) is 0 Å². The molecule has 0 radical (unpaired) electrons. The summed E-state index contributed by atoms with van der Waals surface area (Å²) in [4.78, 5) is 12.0. The van der Waals surface area contributed by atoms with Crippen molar-refractivity contribution < 1.29 is 9.53 Å². The maximum absolute atomic E-state index is 12.0. The summed E-state index contributed by atoms with van der Waals surface area (Å²) in [5, 5.41) is 3.20. The average molecular weight is 311 g/mol. The Hall–Kier alpha value is -1.26. The van der Waals surface area contributed by atoms with Crippen LogP contribution in [0.15, 0.2) is 18.2 Å². The van der Waals surface area contributed by atoms with Crippen molar-refractivity contribution in [3.63, 3.8) is 0 Å². The minimum absolute atomic E-state index is 0.0713. The number of halogens is 1. The molecule has 1 aliphatic rings. The molecule has 1 amide bonds. The van der Waals surface area contributed by atoms with Crippen LogP contribution in [0.5, 0.6) is 0 Å². The predicted octanol–water partition coefficient (Wildman–Crippen LogP) is 3.85. The fourth-order valence-corrected chi connectivity index (χ4v) is 3.10. The highest BCUT2D eigenvalue weighted by Gasteiger charge is 2.24. The lowest BCUT2D eigenvalue weighted by Crippen LogP contribution is -2.31. The number of rotatable bonds is 5. The van der Waals surface area contributed by atoms with Crippen molar-refractivity contribution in [1.82, 2.24) is 0 Å². The van der Waals surface area contributed by atoms with Crippen molar-refractivity contribution in [2.24, 2.45) is 5.92 Å². The molecule has 1 aromatic carbocycles. The quantitative estimate of drug-likeness (QED) is 0.812. The number of hydrogen-bond donors (Lipinski definition) is 2. The van der Waals surface area contributed by atoms with Gasteiger partial charge >= 0.3 is 0 Å². The molecule has 1 fully saturated rings. The third-order valence-electron chi connectivity index (χ3n) is 4.06. The summed E-state index contributed by atoms with van der Waals surface area (Å²) in [5.41, 5.74) is 6.76. The molecule has 1 saturated carbocycles. The zero-order valence-electron chi connectivity index (χ0n) is 12.4. The highest BCUT2D eigenvalue weighted by molar-refractivity contribution is 6.34. The van der Waals surface area contributed by atoms with Gasteiger partial charge in [0, 0.05) is 5.69 Å². The van der Waals surface area contributed by atoms with E-state index >= 15 is 0 Å². The van der Waals surface area contributed by atoms with Gasteiger partial charge in [0.05, 0.1) is 16.8 Å². The van der Waals surface area contributed by atoms with E-state index in [1.807, 2.05) is 0 Å². The number of hydrogen-bond acceptors (Lipinski definition) is 3. The summed E-state index contributed by atoms with van der Waals surface area (Å²) in [6.07, 6.45) is 6.02. The molecule has 0 saturated heterocycles. The van der Waals surface area contributed by atoms with Gasteiger partial charge in [-0.2, -0.15) is 0 Å². The summed E-state index contributed by atoms with van der Waals surface area (Å²) in [5.74, 6) is 0.397. The fourth-order valence-electron chi connectivity index (χ4n) is 2.86. The van der Waals surface area contributed by atoms with Crippen molar-refractivity contribution >= 4 is 28.9 Å². The second kappa shape index (κ2) is 7.66. The van der Waals surface area contributed by atoms with E-state index in [1.54, 1.807) is 18.2 Å². The van der Waals surface area contributed by atoms with Crippen LogP contribution in [0, 0.1) is 5.92 Å². The summed E-state index contributed by atoms with van der Waals surface area (Å²) in [7, 11) is 0. The Morgan fingerprint density at radius 1 is 1.43 bits per heavy atom. The van der Waals surface area contributed by atoms with Crippen LogP contribution in [0.25, 0.3) is 0 Å².